The summed E-state index contributed by atoms with van der Waals surface area (Å²) in [6.07, 6.45) is 7.24. The van der Waals surface area contributed by atoms with Crippen molar-refractivity contribution in [1.29, 1.82) is 0 Å². The van der Waals surface area contributed by atoms with Gasteiger partial charge in [0.05, 0.1) is 6.61 Å². The summed E-state index contributed by atoms with van der Waals surface area (Å²) in [5, 5.41) is 12.8. The third-order valence-electron chi connectivity index (χ3n) is 3.81. The highest BCUT2D eigenvalue weighted by atomic mass is 16.3. The molecule has 0 bridgehead atoms. The Morgan fingerprint density at radius 2 is 2.27 bits per heavy atom. The zero-order valence-electron chi connectivity index (χ0n) is 9.92. The zero-order valence-corrected chi connectivity index (χ0v) is 9.92. The number of aliphatic hydroxyl groups excluding tert-OH is 1. The molecule has 2 nitrogen and oxygen atoms in total. The van der Waals surface area contributed by atoms with Crippen LogP contribution in [0.2, 0.25) is 0 Å². The summed E-state index contributed by atoms with van der Waals surface area (Å²) in [6.45, 7) is 5.93. The van der Waals surface area contributed by atoms with Crippen molar-refractivity contribution in [2.45, 2.75) is 45.1 Å². The number of aliphatic hydroxyl groups is 1. The fraction of sp³-hybridized carbons (Fsp3) is 0.846. The molecule has 0 saturated heterocycles. The van der Waals surface area contributed by atoms with Crippen LogP contribution in [-0.4, -0.2) is 23.8 Å². The topological polar surface area (TPSA) is 32.3 Å². The summed E-state index contributed by atoms with van der Waals surface area (Å²) in [5.41, 5.74) is 1.65. The molecule has 0 radical (unpaired) electrons. The average molecular weight is 209 g/mol. The van der Waals surface area contributed by atoms with Gasteiger partial charge in [0, 0.05) is 5.54 Å². The molecule has 0 aromatic heterocycles. The van der Waals surface area contributed by atoms with Crippen LogP contribution < -0.4 is 5.32 Å². The van der Waals surface area contributed by atoms with E-state index in [-0.39, 0.29) is 5.54 Å². The molecule has 1 fully saturated rings. The van der Waals surface area contributed by atoms with Crippen LogP contribution >= 0.6 is 0 Å². The van der Waals surface area contributed by atoms with E-state index in [1.807, 2.05) is 0 Å². The molecule has 2 aliphatic carbocycles. The largest absolute Gasteiger partial charge is 0.394 e. The molecule has 15 heavy (non-hydrogen) atoms. The number of allylic oxidation sites excluding steroid dienone is 2. The van der Waals surface area contributed by atoms with Crippen molar-refractivity contribution >= 4 is 0 Å². The summed E-state index contributed by atoms with van der Waals surface area (Å²) in [7, 11) is 0. The molecule has 2 unspecified atom stereocenters. The number of hydrogen-bond donors (Lipinski definition) is 2. The van der Waals surface area contributed by atoms with E-state index in [4.69, 9.17) is 0 Å². The van der Waals surface area contributed by atoms with Crippen LogP contribution in [0.25, 0.3) is 0 Å². The average Bonchev–Trinajstić information content (AvgIpc) is 2.94. The van der Waals surface area contributed by atoms with E-state index in [9.17, 15) is 5.11 Å². The minimum Gasteiger partial charge on any atom is -0.394 e. The molecular weight excluding hydrogens is 186 g/mol. The van der Waals surface area contributed by atoms with Crippen molar-refractivity contribution in [3.05, 3.63) is 11.6 Å². The minimum absolute atomic E-state index is 0.109. The predicted octanol–water partition coefficient (Wildman–Crippen LogP) is 2.09. The molecule has 0 aromatic carbocycles. The monoisotopic (exact) mass is 209 g/mol. The molecule has 2 heteroatoms. The quantitative estimate of drug-likeness (QED) is 0.695. The first kappa shape index (κ1) is 11.2. The molecule has 1 saturated carbocycles. The van der Waals surface area contributed by atoms with Gasteiger partial charge in [0.25, 0.3) is 0 Å². The summed E-state index contributed by atoms with van der Waals surface area (Å²) in [6, 6.07) is 0. The van der Waals surface area contributed by atoms with E-state index < -0.39 is 0 Å². The fourth-order valence-electron chi connectivity index (χ4n) is 2.74. The number of rotatable bonds is 4. The van der Waals surface area contributed by atoms with Gasteiger partial charge in [-0.1, -0.05) is 18.6 Å². The number of nitrogens with one attached hydrogen (secondary N) is 1. The third kappa shape index (κ3) is 2.82. The second-order valence-electron chi connectivity index (χ2n) is 5.62. The first-order valence-corrected chi connectivity index (χ1v) is 6.17. The summed E-state index contributed by atoms with van der Waals surface area (Å²) in [4.78, 5) is 0. The molecule has 0 heterocycles. The Hall–Kier alpha value is -0.340. The smallest absolute Gasteiger partial charge is 0.0613 e. The Morgan fingerprint density at radius 1 is 1.53 bits per heavy atom. The second-order valence-corrected chi connectivity index (χ2v) is 5.62. The van der Waals surface area contributed by atoms with Crippen molar-refractivity contribution < 1.29 is 5.11 Å². The highest BCUT2D eigenvalue weighted by molar-refractivity contribution is 5.07. The molecule has 2 N–H and O–H groups in total. The van der Waals surface area contributed by atoms with Crippen LogP contribution in [0.15, 0.2) is 11.6 Å². The van der Waals surface area contributed by atoms with Crippen molar-refractivity contribution in [3.63, 3.8) is 0 Å². The fourth-order valence-corrected chi connectivity index (χ4v) is 2.74. The van der Waals surface area contributed by atoms with Gasteiger partial charge in [-0.25, -0.2) is 0 Å². The van der Waals surface area contributed by atoms with Gasteiger partial charge in [-0.15, -0.1) is 0 Å². The normalized spacial score (nSPS) is 33.7. The van der Waals surface area contributed by atoms with Gasteiger partial charge in [0.2, 0.25) is 0 Å². The summed E-state index contributed by atoms with van der Waals surface area (Å²) >= 11 is 0. The Bertz CT molecular complexity index is 255. The van der Waals surface area contributed by atoms with Crippen molar-refractivity contribution in [2.24, 2.45) is 11.8 Å². The first-order valence-electron chi connectivity index (χ1n) is 6.17. The maximum absolute atomic E-state index is 9.22. The molecule has 0 spiro atoms. The van der Waals surface area contributed by atoms with Crippen LogP contribution in [0, 0.1) is 11.8 Å². The van der Waals surface area contributed by atoms with Crippen molar-refractivity contribution in [2.75, 3.05) is 13.2 Å². The zero-order chi connectivity index (χ0) is 10.9. The second kappa shape index (κ2) is 4.26. The molecule has 86 valence electrons. The van der Waals surface area contributed by atoms with Gasteiger partial charge in [-0.2, -0.15) is 0 Å². The summed E-state index contributed by atoms with van der Waals surface area (Å²) in [5.74, 6) is 1.50. The SMILES string of the molecule is CC1=CC(C)CC(CNC2(CO)CC2)C1. The van der Waals surface area contributed by atoms with Gasteiger partial charge >= 0.3 is 0 Å². The standard InChI is InChI=1S/C13H23NO/c1-10-5-11(2)7-12(6-10)8-14-13(9-15)3-4-13/h5,10,12,14-15H,3-4,6-9H2,1-2H3. The molecule has 2 rings (SSSR count). The lowest BCUT2D eigenvalue weighted by Crippen LogP contribution is -2.39. The van der Waals surface area contributed by atoms with Gasteiger partial charge in [-0.3, -0.25) is 0 Å². The van der Waals surface area contributed by atoms with Crippen LogP contribution in [0.4, 0.5) is 0 Å². The van der Waals surface area contributed by atoms with E-state index >= 15 is 0 Å². The van der Waals surface area contributed by atoms with Gasteiger partial charge in [-0.05, 0) is 51.0 Å². The minimum atomic E-state index is 0.109. The highest BCUT2D eigenvalue weighted by Gasteiger charge is 2.41. The number of hydrogen-bond acceptors (Lipinski definition) is 2. The van der Waals surface area contributed by atoms with E-state index in [1.54, 1.807) is 0 Å². The third-order valence-corrected chi connectivity index (χ3v) is 3.81. The Kier molecular flexibility index (Phi) is 3.17. The lowest BCUT2D eigenvalue weighted by molar-refractivity contribution is 0.220. The van der Waals surface area contributed by atoms with Crippen molar-refractivity contribution in [3.8, 4) is 0 Å². The van der Waals surface area contributed by atoms with E-state index in [1.165, 1.54) is 18.4 Å². The van der Waals surface area contributed by atoms with Crippen LogP contribution in [-0.2, 0) is 0 Å². The first-order chi connectivity index (χ1) is 7.13. The van der Waals surface area contributed by atoms with Gasteiger partial charge in [0.15, 0.2) is 0 Å². The van der Waals surface area contributed by atoms with Crippen LogP contribution in [0.5, 0.6) is 0 Å². The Labute approximate surface area is 92.8 Å². The molecule has 0 aromatic rings. The lowest BCUT2D eigenvalue weighted by Gasteiger charge is -2.27. The molecule has 2 atom stereocenters. The van der Waals surface area contributed by atoms with Crippen molar-refractivity contribution in [1.82, 2.24) is 5.32 Å². The lowest BCUT2D eigenvalue weighted by atomic mass is 9.83. The molecule has 0 amide bonds. The molecular formula is C13H23NO. The Balaban J connectivity index is 1.78. The van der Waals surface area contributed by atoms with Crippen LogP contribution in [0.3, 0.4) is 0 Å². The van der Waals surface area contributed by atoms with E-state index in [0.717, 1.165) is 31.2 Å². The summed E-state index contributed by atoms with van der Waals surface area (Å²) < 4.78 is 0. The van der Waals surface area contributed by atoms with Crippen LogP contribution in [0.1, 0.15) is 39.5 Å². The Morgan fingerprint density at radius 3 is 2.80 bits per heavy atom. The maximum Gasteiger partial charge on any atom is 0.0613 e. The predicted molar refractivity (Wildman–Crippen MR) is 62.7 cm³/mol. The molecule has 0 aliphatic heterocycles. The van der Waals surface area contributed by atoms with E-state index in [0.29, 0.717) is 6.61 Å². The highest BCUT2D eigenvalue weighted by Crippen LogP contribution is 2.35. The van der Waals surface area contributed by atoms with E-state index in [2.05, 4.69) is 25.2 Å². The molecule has 2 aliphatic rings. The van der Waals surface area contributed by atoms with Gasteiger partial charge in [0.1, 0.15) is 0 Å². The van der Waals surface area contributed by atoms with Gasteiger partial charge < -0.3 is 10.4 Å². The maximum atomic E-state index is 9.22.